The zero-order valence-electron chi connectivity index (χ0n) is 23.4. The number of nitrogens with two attached hydrogens (primary N) is 1. The van der Waals surface area contributed by atoms with Crippen LogP contribution in [0.15, 0.2) is 71.3 Å². The standard InChI is InChI=1S/C31H32BrN7O3/c1-40-28-18-26-24(17-29(28)42-13-5-10-38-11-14-41-15-12-38)30(33)35-31(34-26)22-8-4-7-21(16-22)27-20-39(37-36-27)19-23-6-2-3-9-25(23)32/h2-4,6-9,16-18,20H,5,10-15,19H2,1H3,(H2,33,34,35). The molecule has 10 nitrogen and oxygen atoms in total. The van der Waals surface area contributed by atoms with Gasteiger partial charge in [0.25, 0.3) is 0 Å². The predicted octanol–water partition coefficient (Wildman–Crippen LogP) is 5.06. The van der Waals surface area contributed by atoms with Gasteiger partial charge in [0, 0.05) is 46.7 Å². The van der Waals surface area contributed by atoms with Gasteiger partial charge in [0.2, 0.25) is 0 Å². The van der Waals surface area contributed by atoms with E-state index in [0.717, 1.165) is 66.1 Å². The van der Waals surface area contributed by atoms with E-state index in [1.54, 1.807) is 7.11 Å². The van der Waals surface area contributed by atoms with E-state index < -0.39 is 0 Å². The molecule has 11 heteroatoms. The quantitative estimate of drug-likeness (QED) is 0.212. The molecule has 2 aromatic heterocycles. The Balaban J connectivity index is 1.20. The van der Waals surface area contributed by atoms with Gasteiger partial charge in [-0.25, -0.2) is 14.6 Å². The maximum absolute atomic E-state index is 6.45. The fourth-order valence-electron chi connectivity index (χ4n) is 4.98. The highest BCUT2D eigenvalue weighted by molar-refractivity contribution is 9.10. The third-order valence-electron chi connectivity index (χ3n) is 7.24. The Labute approximate surface area is 252 Å². The van der Waals surface area contributed by atoms with E-state index in [2.05, 4.69) is 42.2 Å². The van der Waals surface area contributed by atoms with Gasteiger partial charge in [-0.2, -0.15) is 0 Å². The van der Waals surface area contributed by atoms with E-state index in [4.69, 9.17) is 24.9 Å². The molecule has 3 aromatic carbocycles. The summed E-state index contributed by atoms with van der Waals surface area (Å²) in [7, 11) is 1.63. The molecule has 0 unspecified atom stereocenters. The molecule has 0 saturated carbocycles. The van der Waals surface area contributed by atoms with Crippen molar-refractivity contribution in [1.82, 2.24) is 29.9 Å². The molecule has 216 valence electrons. The number of nitrogen functional groups attached to an aromatic ring is 1. The number of morpholine rings is 1. The van der Waals surface area contributed by atoms with Crippen LogP contribution in [0.3, 0.4) is 0 Å². The van der Waals surface area contributed by atoms with Gasteiger partial charge >= 0.3 is 0 Å². The van der Waals surface area contributed by atoms with Gasteiger partial charge in [-0.15, -0.1) is 5.10 Å². The predicted molar refractivity (Wildman–Crippen MR) is 166 cm³/mol. The Morgan fingerprint density at radius 2 is 1.81 bits per heavy atom. The summed E-state index contributed by atoms with van der Waals surface area (Å²) in [4.78, 5) is 11.9. The number of benzene rings is 3. The molecule has 1 aliphatic rings. The minimum Gasteiger partial charge on any atom is -0.493 e. The summed E-state index contributed by atoms with van der Waals surface area (Å²) >= 11 is 3.60. The van der Waals surface area contributed by atoms with Crippen molar-refractivity contribution in [2.75, 3.05) is 52.3 Å². The van der Waals surface area contributed by atoms with Crippen molar-refractivity contribution in [3.05, 3.63) is 76.9 Å². The normalized spacial score (nSPS) is 13.9. The van der Waals surface area contributed by atoms with E-state index in [1.165, 1.54) is 0 Å². The largest absolute Gasteiger partial charge is 0.493 e. The van der Waals surface area contributed by atoms with Gasteiger partial charge in [-0.05, 0) is 30.2 Å². The van der Waals surface area contributed by atoms with E-state index >= 15 is 0 Å². The topological polar surface area (TPSA) is 113 Å². The van der Waals surface area contributed by atoms with Crippen LogP contribution in [0.2, 0.25) is 0 Å². The number of hydrogen-bond donors (Lipinski definition) is 1. The first-order chi connectivity index (χ1) is 20.6. The van der Waals surface area contributed by atoms with Crippen LogP contribution in [-0.4, -0.2) is 76.4 Å². The highest BCUT2D eigenvalue weighted by Crippen LogP contribution is 2.35. The highest BCUT2D eigenvalue weighted by atomic mass is 79.9. The molecule has 1 fully saturated rings. The molecule has 5 aromatic rings. The molecule has 0 atom stereocenters. The number of halogens is 1. The van der Waals surface area contributed by atoms with Crippen molar-refractivity contribution in [2.24, 2.45) is 0 Å². The number of anilines is 1. The van der Waals surface area contributed by atoms with Crippen LogP contribution in [-0.2, 0) is 11.3 Å². The molecular weight excluding hydrogens is 598 g/mol. The molecule has 42 heavy (non-hydrogen) atoms. The second-order valence-corrected chi connectivity index (χ2v) is 10.9. The molecule has 0 aliphatic carbocycles. The smallest absolute Gasteiger partial charge is 0.162 e. The van der Waals surface area contributed by atoms with E-state index in [0.29, 0.717) is 47.2 Å². The number of hydrogen-bond acceptors (Lipinski definition) is 9. The van der Waals surface area contributed by atoms with Crippen molar-refractivity contribution < 1.29 is 14.2 Å². The Kier molecular flexibility index (Phi) is 8.59. The van der Waals surface area contributed by atoms with E-state index in [9.17, 15) is 0 Å². The summed E-state index contributed by atoms with van der Waals surface area (Å²) in [5.74, 6) is 2.13. The molecule has 1 aliphatic heterocycles. The second-order valence-electron chi connectivity index (χ2n) is 10.1. The summed E-state index contributed by atoms with van der Waals surface area (Å²) in [6.45, 7) is 5.65. The Morgan fingerprint density at radius 3 is 2.64 bits per heavy atom. The Bertz CT molecular complexity index is 1690. The van der Waals surface area contributed by atoms with E-state index in [1.807, 2.05) is 65.5 Å². The number of methoxy groups -OCH3 is 1. The van der Waals surface area contributed by atoms with Crippen LogP contribution in [0.4, 0.5) is 5.82 Å². The van der Waals surface area contributed by atoms with Crippen LogP contribution in [0.25, 0.3) is 33.5 Å². The lowest BCUT2D eigenvalue weighted by Gasteiger charge is -2.26. The first-order valence-electron chi connectivity index (χ1n) is 13.9. The molecule has 2 N–H and O–H groups in total. The number of nitrogens with zero attached hydrogens (tertiary/aromatic N) is 6. The lowest BCUT2D eigenvalue weighted by molar-refractivity contribution is 0.0357. The second kappa shape index (κ2) is 12.8. The molecular formula is C31H32BrN7O3. The monoisotopic (exact) mass is 629 g/mol. The van der Waals surface area contributed by atoms with Gasteiger partial charge in [0.15, 0.2) is 17.3 Å². The van der Waals surface area contributed by atoms with Gasteiger partial charge in [0.1, 0.15) is 11.5 Å². The fraction of sp³-hybridized carbons (Fsp3) is 0.290. The maximum atomic E-state index is 6.45. The average Bonchev–Trinajstić information content (AvgIpc) is 3.49. The van der Waals surface area contributed by atoms with Crippen LogP contribution in [0.5, 0.6) is 11.5 Å². The number of ether oxygens (including phenoxy) is 3. The summed E-state index contributed by atoms with van der Waals surface area (Å²) in [5.41, 5.74) is 10.7. The van der Waals surface area contributed by atoms with Crippen LogP contribution in [0.1, 0.15) is 12.0 Å². The highest BCUT2D eigenvalue weighted by Gasteiger charge is 2.15. The molecule has 0 radical (unpaired) electrons. The minimum absolute atomic E-state index is 0.376. The van der Waals surface area contributed by atoms with Crippen molar-refractivity contribution in [2.45, 2.75) is 13.0 Å². The molecule has 3 heterocycles. The van der Waals surface area contributed by atoms with Crippen molar-refractivity contribution in [3.8, 4) is 34.1 Å². The summed E-state index contributed by atoms with van der Waals surface area (Å²) < 4.78 is 20.0. The Hall–Kier alpha value is -4.06. The Morgan fingerprint density at radius 1 is 0.976 bits per heavy atom. The maximum Gasteiger partial charge on any atom is 0.162 e. The summed E-state index contributed by atoms with van der Waals surface area (Å²) in [6.07, 6.45) is 2.83. The first kappa shape index (κ1) is 28.1. The summed E-state index contributed by atoms with van der Waals surface area (Å²) in [5, 5.41) is 9.44. The van der Waals surface area contributed by atoms with Crippen LogP contribution < -0.4 is 15.2 Å². The van der Waals surface area contributed by atoms with E-state index in [-0.39, 0.29) is 0 Å². The fourth-order valence-corrected chi connectivity index (χ4v) is 5.39. The third-order valence-corrected chi connectivity index (χ3v) is 8.01. The number of aromatic nitrogens is 5. The SMILES string of the molecule is COc1cc2nc(-c3cccc(-c4cn(Cc5ccccc5Br)nn4)c3)nc(N)c2cc1OCCCN1CCOCC1. The number of rotatable bonds is 10. The van der Waals surface area contributed by atoms with Crippen molar-refractivity contribution in [1.29, 1.82) is 0 Å². The lowest BCUT2D eigenvalue weighted by atomic mass is 10.1. The van der Waals surface area contributed by atoms with Gasteiger partial charge < -0.3 is 19.9 Å². The minimum atomic E-state index is 0.376. The van der Waals surface area contributed by atoms with Crippen LogP contribution >= 0.6 is 15.9 Å². The number of fused-ring (bicyclic) bond motifs is 1. The van der Waals surface area contributed by atoms with Gasteiger partial charge in [-0.1, -0.05) is 57.5 Å². The van der Waals surface area contributed by atoms with Gasteiger partial charge in [-0.3, -0.25) is 4.90 Å². The molecule has 0 bridgehead atoms. The lowest BCUT2D eigenvalue weighted by Crippen LogP contribution is -2.37. The van der Waals surface area contributed by atoms with Crippen LogP contribution in [0, 0.1) is 0 Å². The molecule has 1 saturated heterocycles. The zero-order valence-corrected chi connectivity index (χ0v) is 25.0. The zero-order chi connectivity index (χ0) is 28.9. The molecule has 0 spiro atoms. The molecule has 0 amide bonds. The van der Waals surface area contributed by atoms with Gasteiger partial charge in [0.05, 0.1) is 45.2 Å². The van der Waals surface area contributed by atoms with Crippen molar-refractivity contribution >= 4 is 32.7 Å². The summed E-state index contributed by atoms with van der Waals surface area (Å²) in [6, 6.07) is 19.7. The van der Waals surface area contributed by atoms with Crippen molar-refractivity contribution in [3.63, 3.8) is 0 Å². The first-order valence-corrected chi connectivity index (χ1v) is 14.7. The third kappa shape index (κ3) is 6.38. The molecule has 6 rings (SSSR count). The average molecular weight is 631 g/mol.